The maximum absolute atomic E-state index is 11.9. The first kappa shape index (κ1) is 7.98. The molecule has 0 aliphatic rings. The van der Waals surface area contributed by atoms with Crippen LogP contribution < -0.4 is 5.73 Å². The highest BCUT2D eigenvalue weighted by molar-refractivity contribution is 7.16. The van der Waals surface area contributed by atoms with Crippen LogP contribution in [0, 0.1) is 0 Å². The lowest BCUT2D eigenvalue weighted by atomic mass is 10.3. The quantitative estimate of drug-likeness (QED) is 0.741. The van der Waals surface area contributed by atoms with Crippen molar-refractivity contribution in [2.75, 3.05) is 6.67 Å². The van der Waals surface area contributed by atoms with Crippen molar-refractivity contribution in [2.45, 2.75) is 6.04 Å². The first-order valence-electron chi connectivity index (χ1n) is 2.81. The van der Waals surface area contributed by atoms with E-state index < -0.39 is 12.7 Å². The molecule has 0 aliphatic carbocycles. The molecule has 1 aromatic heterocycles. The van der Waals surface area contributed by atoms with Gasteiger partial charge >= 0.3 is 0 Å². The number of thiophene rings is 1. The standard InChI is InChI=1S/C6H7ClFNS/c7-6-2-1-5(10-6)4(9)3-8/h1-2,4H,3,9H2/t4-/m0/s1. The van der Waals surface area contributed by atoms with Gasteiger partial charge in [0.15, 0.2) is 0 Å². The van der Waals surface area contributed by atoms with Crippen LogP contribution in [0.3, 0.4) is 0 Å². The average molecular weight is 180 g/mol. The van der Waals surface area contributed by atoms with Gasteiger partial charge in [-0.1, -0.05) is 11.6 Å². The maximum atomic E-state index is 11.9. The summed E-state index contributed by atoms with van der Waals surface area (Å²) in [6.07, 6.45) is 0. The lowest BCUT2D eigenvalue weighted by Gasteiger charge is -2.00. The highest BCUT2D eigenvalue weighted by Gasteiger charge is 2.06. The van der Waals surface area contributed by atoms with Gasteiger partial charge in [0.2, 0.25) is 0 Å². The predicted molar refractivity (Wildman–Crippen MR) is 42.2 cm³/mol. The van der Waals surface area contributed by atoms with Crippen LogP contribution in [0.4, 0.5) is 4.39 Å². The maximum Gasteiger partial charge on any atom is 0.109 e. The molecule has 0 radical (unpaired) electrons. The lowest BCUT2D eigenvalue weighted by molar-refractivity contribution is 0.440. The molecule has 0 spiro atoms. The summed E-state index contributed by atoms with van der Waals surface area (Å²) in [5.74, 6) is 0. The Morgan fingerprint density at radius 3 is 2.80 bits per heavy atom. The van der Waals surface area contributed by atoms with Crippen LogP contribution >= 0.6 is 22.9 Å². The number of hydrogen-bond acceptors (Lipinski definition) is 2. The molecule has 1 heterocycles. The SMILES string of the molecule is N[C@@H](CF)c1ccc(Cl)s1. The molecule has 1 aromatic rings. The van der Waals surface area contributed by atoms with Crippen LogP contribution in [0.25, 0.3) is 0 Å². The van der Waals surface area contributed by atoms with E-state index in [1.165, 1.54) is 11.3 Å². The molecule has 0 saturated carbocycles. The Balaban J connectivity index is 2.74. The number of alkyl halides is 1. The summed E-state index contributed by atoms with van der Waals surface area (Å²) < 4.78 is 12.6. The van der Waals surface area contributed by atoms with Gasteiger partial charge in [-0.25, -0.2) is 4.39 Å². The summed E-state index contributed by atoms with van der Waals surface area (Å²) >= 11 is 6.92. The van der Waals surface area contributed by atoms with E-state index in [9.17, 15) is 4.39 Å². The van der Waals surface area contributed by atoms with E-state index in [1.807, 2.05) is 0 Å². The summed E-state index contributed by atoms with van der Waals surface area (Å²) in [5, 5.41) is 0. The van der Waals surface area contributed by atoms with E-state index in [4.69, 9.17) is 17.3 Å². The van der Waals surface area contributed by atoms with Gasteiger partial charge in [0.1, 0.15) is 6.67 Å². The zero-order valence-electron chi connectivity index (χ0n) is 5.18. The Bertz CT molecular complexity index is 213. The normalized spacial score (nSPS) is 13.5. The third-order valence-corrected chi connectivity index (χ3v) is 2.49. The van der Waals surface area contributed by atoms with Crippen LogP contribution in [-0.4, -0.2) is 6.67 Å². The Labute approximate surface area is 67.6 Å². The molecule has 0 aliphatic heterocycles. The predicted octanol–water partition coefficient (Wildman–Crippen LogP) is 2.37. The topological polar surface area (TPSA) is 26.0 Å². The Morgan fingerprint density at radius 1 is 1.70 bits per heavy atom. The van der Waals surface area contributed by atoms with E-state index >= 15 is 0 Å². The first-order valence-corrected chi connectivity index (χ1v) is 4.00. The Kier molecular flexibility index (Phi) is 2.65. The highest BCUT2D eigenvalue weighted by Crippen LogP contribution is 2.25. The van der Waals surface area contributed by atoms with Crippen LogP contribution in [0.15, 0.2) is 12.1 Å². The van der Waals surface area contributed by atoms with E-state index in [1.54, 1.807) is 12.1 Å². The van der Waals surface area contributed by atoms with Crippen molar-refractivity contribution in [1.29, 1.82) is 0 Å². The molecule has 0 unspecified atom stereocenters. The zero-order chi connectivity index (χ0) is 7.56. The van der Waals surface area contributed by atoms with Crippen molar-refractivity contribution in [3.63, 3.8) is 0 Å². The van der Waals surface area contributed by atoms with Crippen LogP contribution in [0.2, 0.25) is 4.34 Å². The summed E-state index contributed by atoms with van der Waals surface area (Å²) in [6.45, 7) is -0.531. The summed E-state index contributed by atoms with van der Waals surface area (Å²) in [4.78, 5) is 0.799. The van der Waals surface area contributed by atoms with E-state index in [-0.39, 0.29) is 0 Å². The molecule has 1 atom stereocenters. The number of nitrogens with two attached hydrogens (primary N) is 1. The largest absolute Gasteiger partial charge is 0.321 e. The third-order valence-electron chi connectivity index (χ3n) is 1.13. The number of halogens is 2. The second-order valence-corrected chi connectivity index (χ2v) is 3.65. The molecule has 10 heavy (non-hydrogen) atoms. The molecule has 1 nitrogen and oxygen atoms in total. The molecule has 0 fully saturated rings. The molecule has 0 bridgehead atoms. The molecule has 4 heteroatoms. The van der Waals surface area contributed by atoms with Gasteiger partial charge in [0.25, 0.3) is 0 Å². The summed E-state index contributed by atoms with van der Waals surface area (Å²) in [7, 11) is 0. The van der Waals surface area contributed by atoms with E-state index in [2.05, 4.69) is 0 Å². The van der Waals surface area contributed by atoms with Crippen molar-refractivity contribution in [3.8, 4) is 0 Å². The monoisotopic (exact) mass is 179 g/mol. The molecule has 1 rings (SSSR count). The van der Waals surface area contributed by atoms with Gasteiger partial charge in [0.05, 0.1) is 10.4 Å². The van der Waals surface area contributed by atoms with Crippen molar-refractivity contribution in [2.24, 2.45) is 5.73 Å². The van der Waals surface area contributed by atoms with Gasteiger partial charge in [-0.05, 0) is 12.1 Å². The van der Waals surface area contributed by atoms with Gasteiger partial charge in [-0.15, -0.1) is 11.3 Å². The molecule has 0 saturated heterocycles. The van der Waals surface area contributed by atoms with Crippen molar-refractivity contribution in [3.05, 3.63) is 21.3 Å². The molecule has 2 N–H and O–H groups in total. The zero-order valence-corrected chi connectivity index (χ0v) is 6.75. The Morgan fingerprint density at radius 2 is 2.40 bits per heavy atom. The fraction of sp³-hybridized carbons (Fsp3) is 0.333. The van der Waals surface area contributed by atoms with Crippen molar-refractivity contribution >= 4 is 22.9 Å². The summed E-state index contributed by atoms with van der Waals surface area (Å²) in [5.41, 5.74) is 5.38. The fourth-order valence-corrected chi connectivity index (χ4v) is 1.65. The van der Waals surface area contributed by atoms with E-state index in [0.717, 1.165) is 4.88 Å². The van der Waals surface area contributed by atoms with Crippen LogP contribution in [-0.2, 0) is 0 Å². The highest BCUT2D eigenvalue weighted by atomic mass is 35.5. The molecule has 0 amide bonds. The van der Waals surface area contributed by atoms with Gasteiger partial charge in [-0.2, -0.15) is 0 Å². The number of hydrogen-bond donors (Lipinski definition) is 1. The second-order valence-electron chi connectivity index (χ2n) is 1.90. The van der Waals surface area contributed by atoms with Crippen LogP contribution in [0.5, 0.6) is 0 Å². The third kappa shape index (κ3) is 1.68. The molecular formula is C6H7ClFNS. The second kappa shape index (κ2) is 3.32. The fourth-order valence-electron chi connectivity index (χ4n) is 0.604. The molecule has 0 aromatic carbocycles. The lowest BCUT2D eigenvalue weighted by Crippen LogP contribution is -2.09. The Hall–Kier alpha value is -0.120. The van der Waals surface area contributed by atoms with Crippen LogP contribution in [0.1, 0.15) is 10.9 Å². The van der Waals surface area contributed by atoms with Crippen molar-refractivity contribution in [1.82, 2.24) is 0 Å². The molecule has 56 valence electrons. The average Bonchev–Trinajstić information content (AvgIpc) is 2.34. The summed E-state index contributed by atoms with van der Waals surface area (Å²) in [6, 6.07) is 2.96. The van der Waals surface area contributed by atoms with E-state index in [0.29, 0.717) is 4.34 Å². The van der Waals surface area contributed by atoms with Gasteiger partial charge < -0.3 is 5.73 Å². The van der Waals surface area contributed by atoms with Crippen molar-refractivity contribution < 1.29 is 4.39 Å². The minimum atomic E-state index is -0.531. The smallest absolute Gasteiger partial charge is 0.109 e. The minimum absolute atomic E-state index is 0.502. The molecular weight excluding hydrogens is 173 g/mol. The first-order chi connectivity index (χ1) is 4.74. The van der Waals surface area contributed by atoms with Gasteiger partial charge in [0, 0.05) is 4.88 Å². The number of rotatable bonds is 2. The van der Waals surface area contributed by atoms with Gasteiger partial charge in [-0.3, -0.25) is 0 Å². The minimum Gasteiger partial charge on any atom is -0.321 e.